The molecule has 2 rings (SSSR count). The van der Waals surface area contributed by atoms with Gasteiger partial charge in [0, 0.05) is 16.4 Å². The van der Waals surface area contributed by atoms with E-state index in [1.54, 1.807) is 0 Å². The van der Waals surface area contributed by atoms with Gasteiger partial charge in [0.2, 0.25) is 0 Å². The Balaban J connectivity index is 2.09. The summed E-state index contributed by atoms with van der Waals surface area (Å²) in [5, 5.41) is 9.22. The van der Waals surface area contributed by atoms with Crippen LogP contribution in [0, 0.1) is 0 Å². The minimum absolute atomic E-state index is 0.165. The van der Waals surface area contributed by atoms with Gasteiger partial charge in [0.05, 0.1) is 0 Å². The molecule has 0 saturated heterocycles. The van der Waals surface area contributed by atoms with E-state index < -0.39 is 5.97 Å². The van der Waals surface area contributed by atoms with Crippen LogP contribution in [-0.4, -0.2) is 35.6 Å². The molecule has 0 amide bonds. The first-order valence-corrected chi connectivity index (χ1v) is 7.47. The second-order valence-corrected chi connectivity index (χ2v) is 6.38. The molecule has 0 aliphatic heterocycles. The Morgan fingerprint density at radius 3 is 2.42 bits per heavy atom. The maximum atomic E-state index is 11.2. The van der Waals surface area contributed by atoms with Crippen molar-refractivity contribution < 1.29 is 9.90 Å². The van der Waals surface area contributed by atoms with Crippen LogP contribution in [-0.2, 0) is 10.2 Å². The Labute approximate surface area is 122 Å². The van der Waals surface area contributed by atoms with Crippen LogP contribution < -0.4 is 0 Å². The van der Waals surface area contributed by atoms with Gasteiger partial charge in [-0.2, -0.15) is 0 Å². The minimum atomic E-state index is -0.725. The molecule has 1 N–H and O–H groups in total. The van der Waals surface area contributed by atoms with E-state index >= 15 is 0 Å². The maximum Gasteiger partial charge on any atom is 0.320 e. The van der Waals surface area contributed by atoms with Crippen molar-refractivity contribution in [3.63, 3.8) is 0 Å². The number of hydrogen-bond donors (Lipinski definition) is 1. The highest BCUT2D eigenvalue weighted by Gasteiger charge is 2.45. The number of carboxylic acid groups (broad SMARTS) is 1. The highest BCUT2D eigenvalue weighted by Crippen LogP contribution is 2.49. The summed E-state index contributed by atoms with van der Waals surface area (Å²) < 4.78 is 1.08. The molecule has 3 nitrogen and oxygen atoms in total. The second-order valence-electron chi connectivity index (χ2n) is 5.46. The third-order valence-electron chi connectivity index (χ3n) is 4.07. The summed E-state index contributed by atoms with van der Waals surface area (Å²) in [6.07, 6.45) is 2.94. The highest BCUT2D eigenvalue weighted by molar-refractivity contribution is 9.10. The molecule has 0 aromatic heterocycles. The van der Waals surface area contributed by atoms with E-state index in [1.807, 2.05) is 18.9 Å². The van der Waals surface area contributed by atoms with Crippen molar-refractivity contribution in [1.82, 2.24) is 4.90 Å². The van der Waals surface area contributed by atoms with Crippen LogP contribution in [0.4, 0.5) is 0 Å². The molecular weight excluding hydrogens is 306 g/mol. The summed E-state index contributed by atoms with van der Waals surface area (Å²) >= 11 is 3.45. The molecule has 1 aromatic carbocycles. The molecule has 1 aliphatic rings. The van der Waals surface area contributed by atoms with Gasteiger partial charge >= 0.3 is 5.97 Å². The van der Waals surface area contributed by atoms with Gasteiger partial charge in [0.1, 0.15) is 6.04 Å². The topological polar surface area (TPSA) is 40.5 Å². The number of rotatable bonds is 6. The lowest BCUT2D eigenvalue weighted by atomic mass is 9.95. The zero-order valence-corrected chi connectivity index (χ0v) is 13.0. The fourth-order valence-electron chi connectivity index (χ4n) is 2.75. The van der Waals surface area contributed by atoms with Crippen molar-refractivity contribution in [1.29, 1.82) is 0 Å². The summed E-state index contributed by atoms with van der Waals surface area (Å²) in [7, 11) is 1.92. The standard InChI is InChI=1S/C15H20BrNO2/c1-3-13(14(18)19)17(2)10-15(8-9-15)11-4-6-12(16)7-5-11/h4-7,13H,3,8-10H2,1-2H3,(H,18,19)/t13-/m0/s1. The molecule has 1 saturated carbocycles. The summed E-state index contributed by atoms with van der Waals surface area (Å²) in [4.78, 5) is 13.2. The van der Waals surface area contributed by atoms with Gasteiger partial charge < -0.3 is 5.11 Å². The van der Waals surface area contributed by atoms with Crippen molar-refractivity contribution in [2.24, 2.45) is 0 Å². The molecule has 1 fully saturated rings. The average molecular weight is 326 g/mol. The maximum absolute atomic E-state index is 11.2. The predicted octanol–water partition coefficient (Wildman–Crippen LogP) is 3.28. The first kappa shape index (κ1) is 14.5. The van der Waals surface area contributed by atoms with E-state index in [-0.39, 0.29) is 11.5 Å². The third-order valence-corrected chi connectivity index (χ3v) is 4.59. The van der Waals surface area contributed by atoms with Crippen molar-refractivity contribution in [3.05, 3.63) is 34.3 Å². The van der Waals surface area contributed by atoms with Gasteiger partial charge in [-0.1, -0.05) is 35.0 Å². The largest absolute Gasteiger partial charge is 0.480 e. The van der Waals surface area contributed by atoms with E-state index in [2.05, 4.69) is 40.2 Å². The number of likely N-dealkylation sites (N-methyl/N-ethyl adjacent to an activating group) is 1. The van der Waals surface area contributed by atoms with Gasteiger partial charge in [0.25, 0.3) is 0 Å². The third kappa shape index (κ3) is 3.18. The van der Waals surface area contributed by atoms with Crippen LogP contribution in [0.15, 0.2) is 28.7 Å². The number of nitrogens with zero attached hydrogens (tertiary/aromatic N) is 1. The monoisotopic (exact) mass is 325 g/mol. The highest BCUT2D eigenvalue weighted by atomic mass is 79.9. The summed E-state index contributed by atoms with van der Waals surface area (Å²) in [5.41, 5.74) is 1.49. The Morgan fingerprint density at radius 1 is 1.42 bits per heavy atom. The second kappa shape index (κ2) is 5.63. The van der Waals surface area contributed by atoms with Crippen molar-refractivity contribution >= 4 is 21.9 Å². The van der Waals surface area contributed by atoms with Crippen molar-refractivity contribution in [2.75, 3.05) is 13.6 Å². The summed E-state index contributed by atoms with van der Waals surface area (Å²) in [6, 6.07) is 8.03. The number of carbonyl (C=O) groups is 1. The zero-order chi connectivity index (χ0) is 14.0. The van der Waals surface area contributed by atoms with Crippen molar-refractivity contribution in [2.45, 2.75) is 37.6 Å². The fourth-order valence-corrected chi connectivity index (χ4v) is 3.02. The molecule has 0 spiro atoms. The lowest BCUT2D eigenvalue weighted by molar-refractivity contribution is -0.143. The fraction of sp³-hybridized carbons (Fsp3) is 0.533. The number of aliphatic carboxylic acids is 1. The van der Waals surface area contributed by atoms with Gasteiger partial charge in [0.15, 0.2) is 0 Å². The Hall–Kier alpha value is -0.870. The van der Waals surface area contributed by atoms with Crippen LogP contribution in [0.25, 0.3) is 0 Å². The Bertz CT molecular complexity index is 454. The van der Waals surface area contributed by atoms with Crippen molar-refractivity contribution in [3.8, 4) is 0 Å². The SMILES string of the molecule is CC[C@@H](C(=O)O)N(C)CC1(c2ccc(Br)cc2)CC1. The molecule has 0 radical (unpaired) electrons. The van der Waals surface area contributed by atoms with E-state index in [1.165, 1.54) is 5.56 Å². The van der Waals surface area contributed by atoms with Gasteiger partial charge in [-0.15, -0.1) is 0 Å². The molecule has 0 bridgehead atoms. The molecule has 0 unspecified atom stereocenters. The lowest BCUT2D eigenvalue weighted by Crippen LogP contribution is -2.42. The number of halogens is 1. The first-order valence-electron chi connectivity index (χ1n) is 6.67. The van der Waals surface area contributed by atoms with E-state index in [9.17, 15) is 9.90 Å². The lowest BCUT2D eigenvalue weighted by Gasteiger charge is -2.28. The summed E-state index contributed by atoms with van der Waals surface area (Å²) in [6.45, 7) is 2.74. The van der Waals surface area contributed by atoms with E-state index in [0.29, 0.717) is 6.42 Å². The number of benzene rings is 1. The van der Waals surface area contributed by atoms with Crippen LogP contribution in [0.2, 0.25) is 0 Å². The molecule has 104 valence electrons. The molecule has 0 heterocycles. The molecular formula is C15H20BrNO2. The van der Waals surface area contributed by atoms with Crippen LogP contribution in [0.3, 0.4) is 0 Å². The smallest absolute Gasteiger partial charge is 0.320 e. The number of carboxylic acids is 1. The molecule has 4 heteroatoms. The van der Waals surface area contributed by atoms with Crippen LogP contribution in [0.1, 0.15) is 31.7 Å². The minimum Gasteiger partial charge on any atom is -0.480 e. The summed E-state index contributed by atoms with van der Waals surface area (Å²) in [5.74, 6) is -0.725. The van der Waals surface area contributed by atoms with Crippen LogP contribution in [0.5, 0.6) is 0 Å². The predicted molar refractivity (Wildman–Crippen MR) is 79.4 cm³/mol. The van der Waals surface area contributed by atoms with Gasteiger partial charge in [-0.3, -0.25) is 9.69 Å². The molecule has 1 atom stereocenters. The quantitative estimate of drug-likeness (QED) is 0.872. The molecule has 1 aromatic rings. The number of hydrogen-bond acceptors (Lipinski definition) is 2. The average Bonchev–Trinajstić information content (AvgIpc) is 3.11. The molecule has 1 aliphatic carbocycles. The van der Waals surface area contributed by atoms with E-state index in [4.69, 9.17) is 0 Å². The molecule has 19 heavy (non-hydrogen) atoms. The van der Waals surface area contributed by atoms with E-state index in [0.717, 1.165) is 23.9 Å². The Morgan fingerprint density at radius 2 is 2.00 bits per heavy atom. The van der Waals surface area contributed by atoms with Gasteiger partial charge in [-0.05, 0) is 44.0 Å². The first-order chi connectivity index (χ1) is 8.98. The normalized spacial score (nSPS) is 18.3. The zero-order valence-electron chi connectivity index (χ0n) is 11.4. The van der Waals surface area contributed by atoms with Crippen LogP contribution >= 0.6 is 15.9 Å². The van der Waals surface area contributed by atoms with Gasteiger partial charge in [-0.25, -0.2) is 0 Å². The Kier molecular flexibility index (Phi) is 4.31.